The highest BCUT2D eigenvalue weighted by molar-refractivity contribution is 5.99. The van der Waals surface area contributed by atoms with Gasteiger partial charge in [0.05, 0.1) is 5.41 Å². The summed E-state index contributed by atoms with van der Waals surface area (Å²) < 4.78 is 0. The van der Waals surface area contributed by atoms with Gasteiger partial charge < -0.3 is 4.90 Å². The first-order valence-electron chi connectivity index (χ1n) is 13.8. The summed E-state index contributed by atoms with van der Waals surface area (Å²) in [5, 5.41) is 11.7. The molecule has 0 radical (unpaired) electrons. The van der Waals surface area contributed by atoms with Crippen LogP contribution in [-0.4, -0.2) is 51.9 Å². The average Bonchev–Trinajstić information content (AvgIpc) is 3.19. The predicted octanol–water partition coefficient (Wildman–Crippen LogP) is 5.48. The Morgan fingerprint density at radius 1 is 1.22 bits per heavy atom. The average molecular weight is 508 g/mol. The van der Waals surface area contributed by atoms with Gasteiger partial charge in [-0.25, -0.2) is 4.98 Å². The van der Waals surface area contributed by atoms with Crippen LogP contribution in [0.25, 0.3) is 0 Å². The summed E-state index contributed by atoms with van der Waals surface area (Å²) in [5.74, 6) is 1.10. The number of aromatic nitrogens is 1. The van der Waals surface area contributed by atoms with Gasteiger partial charge in [0, 0.05) is 42.5 Å². The molecule has 2 N–H and O–H groups in total. The van der Waals surface area contributed by atoms with Gasteiger partial charge in [-0.15, -0.1) is 0 Å². The summed E-state index contributed by atoms with van der Waals surface area (Å²) in [6, 6.07) is 4.17. The van der Waals surface area contributed by atoms with E-state index in [1.54, 1.807) is 12.3 Å². The van der Waals surface area contributed by atoms with Crippen molar-refractivity contribution in [2.75, 3.05) is 18.1 Å². The second-order valence-electron chi connectivity index (χ2n) is 10.8. The Morgan fingerprint density at radius 3 is 2.46 bits per heavy atom. The fraction of sp³-hybridized carbons (Fsp3) is 0.643. The van der Waals surface area contributed by atoms with Crippen LogP contribution in [0.5, 0.6) is 0 Å². The zero-order valence-electron chi connectivity index (χ0n) is 22.5. The van der Waals surface area contributed by atoms with Crippen LogP contribution < -0.4 is 5.01 Å². The SMILES string of the molecule is CC/C(=C(/C)C(=O)C1CCC1)N1CCC2(CCC(N(CC)Cc3ccc(N(C=N)N=N)nc3)CC2)C1=O. The first-order chi connectivity index (χ1) is 17.9. The Hall–Kier alpha value is -2.94. The first-order valence-corrected chi connectivity index (χ1v) is 13.8. The maximum absolute atomic E-state index is 13.8. The molecule has 9 heteroatoms. The largest absolute Gasteiger partial charge is 0.315 e. The number of rotatable bonds is 11. The second-order valence-corrected chi connectivity index (χ2v) is 10.8. The molecule has 1 aromatic rings. The number of hydrogen-bond acceptors (Lipinski definition) is 7. The second kappa shape index (κ2) is 11.6. The van der Waals surface area contributed by atoms with E-state index < -0.39 is 0 Å². The molecule has 1 spiro atoms. The topological polar surface area (TPSA) is 117 Å². The zero-order valence-corrected chi connectivity index (χ0v) is 22.5. The molecule has 1 saturated heterocycles. The highest BCUT2D eigenvalue weighted by atomic mass is 16.2. The van der Waals surface area contributed by atoms with E-state index in [1.165, 1.54) is 0 Å². The molecule has 2 heterocycles. The number of hydrogen-bond donors (Lipinski definition) is 2. The molecule has 4 rings (SSSR count). The van der Waals surface area contributed by atoms with Crippen molar-refractivity contribution in [1.82, 2.24) is 14.8 Å². The third-order valence-corrected chi connectivity index (χ3v) is 8.95. The minimum absolute atomic E-state index is 0.165. The minimum Gasteiger partial charge on any atom is -0.315 e. The third-order valence-electron chi connectivity index (χ3n) is 8.95. The summed E-state index contributed by atoms with van der Waals surface area (Å²) >= 11 is 0. The molecule has 1 amide bonds. The maximum Gasteiger partial charge on any atom is 0.233 e. The van der Waals surface area contributed by atoms with E-state index in [-0.39, 0.29) is 23.0 Å². The molecular weight excluding hydrogens is 466 g/mol. The van der Waals surface area contributed by atoms with Crippen LogP contribution in [0.1, 0.15) is 84.1 Å². The van der Waals surface area contributed by atoms with Crippen LogP contribution in [0.2, 0.25) is 0 Å². The van der Waals surface area contributed by atoms with E-state index in [2.05, 4.69) is 29.0 Å². The van der Waals surface area contributed by atoms with Gasteiger partial charge in [-0.1, -0.05) is 31.6 Å². The molecule has 3 fully saturated rings. The fourth-order valence-corrected chi connectivity index (χ4v) is 6.37. The minimum atomic E-state index is -0.282. The van der Waals surface area contributed by atoms with Crippen LogP contribution in [0.3, 0.4) is 0 Å². The molecule has 9 nitrogen and oxygen atoms in total. The van der Waals surface area contributed by atoms with Crippen molar-refractivity contribution in [3.05, 3.63) is 35.2 Å². The quantitative estimate of drug-likeness (QED) is 0.135. The van der Waals surface area contributed by atoms with Crippen molar-refractivity contribution in [2.45, 2.75) is 91.1 Å². The molecule has 2 aliphatic carbocycles. The Kier molecular flexibility index (Phi) is 8.52. The van der Waals surface area contributed by atoms with Gasteiger partial charge in [-0.2, -0.15) is 10.5 Å². The normalized spacial score (nSPS) is 24.7. The maximum atomic E-state index is 13.8. The van der Waals surface area contributed by atoms with E-state index in [9.17, 15) is 9.59 Å². The summed E-state index contributed by atoms with van der Waals surface area (Å²) in [6.07, 6.45) is 11.2. The van der Waals surface area contributed by atoms with Crippen LogP contribution >= 0.6 is 0 Å². The molecule has 0 atom stereocenters. The van der Waals surface area contributed by atoms with Gasteiger partial charge in [0.2, 0.25) is 5.91 Å². The van der Waals surface area contributed by atoms with Crippen molar-refractivity contribution in [3.8, 4) is 0 Å². The van der Waals surface area contributed by atoms with E-state index in [1.807, 2.05) is 17.9 Å². The van der Waals surface area contributed by atoms with Gasteiger partial charge in [-0.05, 0) is 76.5 Å². The molecule has 200 valence electrons. The molecule has 2 saturated carbocycles. The van der Waals surface area contributed by atoms with Gasteiger partial charge >= 0.3 is 0 Å². The summed E-state index contributed by atoms with van der Waals surface area (Å²) in [5.41, 5.74) is 9.69. The lowest BCUT2D eigenvalue weighted by Crippen LogP contribution is -2.43. The number of amides is 1. The van der Waals surface area contributed by atoms with E-state index in [0.717, 1.165) is 106 Å². The first kappa shape index (κ1) is 27.1. The number of Topliss-reactive ketones (excluding diaryl/α,β-unsaturated/α-hetero) is 1. The van der Waals surface area contributed by atoms with E-state index in [0.29, 0.717) is 11.9 Å². The fourth-order valence-electron chi connectivity index (χ4n) is 6.37. The van der Waals surface area contributed by atoms with Gasteiger partial charge in [-0.3, -0.25) is 19.9 Å². The molecule has 1 aromatic heterocycles. The Morgan fingerprint density at radius 2 is 1.95 bits per heavy atom. The lowest BCUT2D eigenvalue weighted by Gasteiger charge is -2.40. The third kappa shape index (κ3) is 5.37. The van der Waals surface area contributed by atoms with E-state index >= 15 is 0 Å². The van der Waals surface area contributed by atoms with Gasteiger partial charge in [0.1, 0.15) is 6.34 Å². The number of carbonyl (C=O) groups is 2. The number of nitrogens with one attached hydrogen (secondary N) is 2. The Labute approximate surface area is 220 Å². The number of pyridine rings is 1. The predicted molar refractivity (Wildman–Crippen MR) is 143 cm³/mol. The molecular formula is C28H41N7O2. The van der Waals surface area contributed by atoms with Crippen molar-refractivity contribution in [2.24, 2.45) is 16.6 Å². The number of likely N-dealkylation sites (tertiary alicyclic amines) is 1. The molecule has 37 heavy (non-hydrogen) atoms. The van der Waals surface area contributed by atoms with Crippen molar-refractivity contribution < 1.29 is 9.59 Å². The number of anilines is 1. The van der Waals surface area contributed by atoms with Crippen LogP contribution in [0.15, 0.2) is 34.8 Å². The zero-order chi connectivity index (χ0) is 26.6. The highest BCUT2D eigenvalue weighted by Crippen LogP contribution is 2.47. The van der Waals surface area contributed by atoms with Crippen LogP contribution in [0.4, 0.5) is 5.82 Å². The Balaban J connectivity index is 1.38. The number of allylic oxidation sites excluding steroid dienone is 2. The molecule has 0 aromatic carbocycles. The van der Waals surface area contributed by atoms with Gasteiger partial charge in [0.25, 0.3) is 0 Å². The van der Waals surface area contributed by atoms with E-state index in [4.69, 9.17) is 10.9 Å². The molecule has 3 aliphatic rings. The standard InChI is InChI=1S/C28H41N7O2/c1-4-24(20(3)26(36)22-7-6-8-22)34-16-15-28(27(34)37)13-11-23(12-14-28)33(5-2)18-21-9-10-25(31-17-21)35(19-29)32-30/h9-10,17,19,22-23,29-30H,4-8,11-16,18H2,1-3H3/b24-20+,29-19?,32-30?. The summed E-state index contributed by atoms with van der Waals surface area (Å²) in [4.78, 5) is 35.4. The lowest BCUT2D eigenvalue weighted by atomic mass is 9.71. The van der Waals surface area contributed by atoms with Crippen molar-refractivity contribution in [1.29, 1.82) is 10.9 Å². The highest BCUT2D eigenvalue weighted by Gasteiger charge is 2.49. The molecule has 0 unspecified atom stereocenters. The molecule has 1 aliphatic heterocycles. The number of carbonyl (C=O) groups excluding carboxylic acids is 2. The molecule has 0 bridgehead atoms. The summed E-state index contributed by atoms with van der Waals surface area (Å²) in [7, 11) is 0. The lowest BCUT2D eigenvalue weighted by molar-refractivity contribution is -0.136. The smallest absolute Gasteiger partial charge is 0.233 e. The monoisotopic (exact) mass is 507 g/mol. The Bertz CT molecular complexity index is 1030. The van der Waals surface area contributed by atoms with Crippen LogP contribution in [-0.2, 0) is 16.1 Å². The number of nitrogens with zero attached hydrogens (tertiary/aromatic N) is 5. The van der Waals surface area contributed by atoms with Crippen LogP contribution in [0, 0.1) is 22.3 Å². The van der Waals surface area contributed by atoms with Gasteiger partial charge in [0.15, 0.2) is 11.6 Å². The number of ketones is 1. The van der Waals surface area contributed by atoms with Crippen molar-refractivity contribution >= 4 is 23.8 Å². The summed E-state index contributed by atoms with van der Waals surface area (Å²) in [6.45, 7) is 8.58. The van der Waals surface area contributed by atoms with Crippen molar-refractivity contribution in [3.63, 3.8) is 0 Å².